The van der Waals surface area contributed by atoms with E-state index >= 15 is 4.39 Å². The van der Waals surface area contributed by atoms with E-state index in [0.29, 0.717) is 28.2 Å². The van der Waals surface area contributed by atoms with Crippen molar-refractivity contribution in [3.8, 4) is 67.5 Å². The Morgan fingerprint density at radius 1 is 0.567 bits per heavy atom. The molecule has 0 saturated carbocycles. The maximum atomic E-state index is 16.2. The summed E-state index contributed by atoms with van der Waals surface area (Å²) in [4.78, 5) is 9.80. The quantitative estimate of drug-likeness (QED) is 0.169. The van der Waals surface area contributed by atoms with Gasteiger partial charge in [-0.15, -0.1) is 12.1 Å². The van der Waals surface area contributed by atoms with E-state index in [0.717, 1.165) is 44.4 Å². The summed E-state index contributed by atoms with van der Waals surface area (Å²) in [5, 5.41) is 13.3. The van der Waals surface area contributed by atoms with E-state index in [2.05, 4.69) is 143 Å². The first-order valence-corrected chi connectivity index (χ1v) is 20.1. The number of phenols is 1. The zero-order chi connectivity index (χ0) is 41.1. The molecule has 0 spiro atoms. The van der Waals surface area contributed by atoms with Gasteiger partial charge in [0.2, 0.25) is 0 Å². The number of rotatable bonds is 6. The van der Waals surface area contributed by atoms with E-state index in [-0.39, 0.29) is 43.2 Å². The number of nitrogens with zero attached hydrogens (tertiary/aromatic N) is 3. The molecule has 0 bridgehead atoms. The molecule has 0 aliphatic rings. The van der Waals surface area contributed by atoms with Crippen molar-refractivity contribution in [2.24, 2.45) is 0 Å². The maximum Gasteiger partial charge on any atom is 0.124 e. The van der Waals surface area contributed by atoms with Crippen LogP contribution in [0.15, 0.2) is 158 Å². The normalized spacial score (nSPS) is 11.8. The number of pyridine rings is 2. The van der Waals surface area contributed by atoms with Gasteiger partial charge in [0, 0.05) is 66.2 Å². The Hall–Kier alpha value is -6.16. The van der Waals surface area contributed by atoms with Crippen LogP contribution in [-0.4, -0.2) is 19.6 Å². The Labute approximate surface area is 365 Å². The van der Waals surface area contributed by atoms with Gasteiger partial charge in [0.25, 0.3) is 0 Å². The summed E-state index contributed by atoms with van der Waals surface area (Å²) in [6.45, 7) is 13.3. The summed E-state index contributed by atoms with van der Waals surface area (Å²) in [6, 6.07) is 53.8. The number of hydrogen-bond acceptors (Lipinski definition) is 3. The van der Waals surface area contributed by atoms with Crippen molar-refractivity contribution in [1.29, 1.82) is 0 Å². The average Bonchev–Trinajstić information content (AvgIpc) is 3.58. The van der Waals surface area contributed by atoms with Gasteiger partial charge >= 0.3 is 0 Å². The molecule has 0 amide bonds. The van der Waals surface area contributed by atoms with Crippen LogP contribution in [-0.2, 0) is 31.9 Å². The third kappa shape index (κ3) is 7.59. The first kappa shape index (κ1) is 40.6. The van der Waals surface area contributed by atoms with Crippen molar-refractivity contribution in [1.82, 2.24) is 14.5 Å². The fraction of sp³-hybridized carbons (Fsp3) is 0.148. The number of para-hydroxylation sites is 4. The van der Waals surface area contributed by atoms with Crippen LogP contribution >= 0.6 is 0 Å². The van der Waals surface area contributed by atoms with Crippen LogP contribution in [0.25, 0.3) is 83.5 Å². The third-order valence-corrected chi connectivity index (χ3v) is 11.2. The van der Waals surface area contributed by atoms with E-state index < -0.39 is 5.82 Å². The largest absolute Gasteiger partial charge is 0.507 e. The molecule has 0 aliphatic heterocycles. The molecule has 9 rings (SSSR count). The molecular formula is C54H45FN3OPt-. The van der Waals surface area contributed by atoms with E-state index in [4.69, 9.17) is 9.97 Å². The van der Waals surface area contributed by atoms with E-state index in [1.54, 1.807) is 24.4 Å². The summed E-state index contributed by atoms with van der Waals surface area (Å²) in [5.41, 5.74) is 12.4. The van der Waals surface area contributed by atoms with Crippen molar-refractivity contribution in [3.63, 3.8) is 0 Å². The number of fused-ring (bicyclic) bond motifs is 3. The second-order valence-electron chi connectivity index (χ2n) is 17.4. The Balaban J connectivity index is 0.00000499. The van der Waals surface area contributed by atoms with Gasteiger partial charge in [-0.2, -0.15) is 0 Å². The Morgan fingerprint density at radius 3 is 1.92 bits per heavy atom. The average molecular weight is 966 g/mol. The molecule has 0 aliphatic carbocycles. The molecule has 6 aromatic carbocycles. The number of benzene rings is 6. The summed E-state index contributed by atoms with van der Waals surface area (Å²) < 4.78 is 18.6. The summed E-state index contributed by atoms with van der Waals surface area (Å²) >= 11 is 0. The second-order valence-corrected chi connectivity index (χ2v) is 17.4. The number of hydrogen-bond donors (Lipinski definition) is 1. The fourth-order valence-corrected chi connectivity index (χ4v) is 7.97. The molecular weight excluding hydrogens is 921 g/mol. The van der Waals surface area contributed by atoms with Crippen molar-refractivity contribution in [3.05, 3.63) is 181 Å². The molecule has 3 aromatic heterocycles. The zero-order valence-electron chi connectivity index (χ0n) is 34.5. The van der Waals surface area contributed by atoms with Crippen LogP contribution in [0.2, 0.25) is 0 Å². The van der Waals surface area contributed by atoms with Gasteiger partial charge in [0.05, 0.1) is 22.5 Å². The third-order valence-electron chi connectivity index (χ3n) is 11.2. The van der Waals surface area contributed by atoms with Crippen LogP contribution in [0.3, 0.4) is 0 Å². The van der Waals surface area contributed by atoms with Gasteiger partial charge in [-0.25, -0.2) is 0 Å². The first-order chi connectivity index (χ1) is 28.3. The Morgan fingerprint density at radius 2 is 1.18 bits per heavy atom. The van der Waals surface area contributed by atoms with Crippen LogP contribution < -0.4 is 0 Å². The predicted molar refractivity (Wildman–Crippen MR) is 241 cm³/mol. The molecule has 0 saturated heterocycles. The SMILES string of the molecule is CC(C)(C)c1cc(-c2cc(-c3[c-]c(-c4cc(-c5cccc6c7ccccc7n(-c7ccccc7)c56)ccn4)ccc3F)nc(-c3ccccc3O)c2)cc(C(C)(C)C)c1.[Pt]. The predicted octanol–water partition coefficient (Wildman–Crippen LogP) is 14.1. The Bertz CT molecular complexity index is 3010. The molecule has 1 N–H and O–H groups in total. The van der Waals surface area contributed by atoms with Gasteiger partial charge in [-0.05, 0) is 81.1 Å². The summed E-state index contributed by atoms with van der Waals surface area (Å²) in [7, 11) is 0. The van der Waals surface area contributed by atoms with E-state index in [1.165, 1.54) is 22.6 Å². The minimum atomic E-state index is -0.450. The summed E-state index contributed by atoms with van der Waals surface area (Å²) in [5.74, 6) is -0.351. The fourth-order valence-electron chi connectivity index (χ4n) is 7.97. The Kier molecular flexibility index (Phi) is 10.7. The second kappa shape index (κ2) is 15.8. The number of aromatic hydroxyl groups is 1. The molecule has 4 nitrogen and oxygen atoms in total. The topological polar surface area (TPSA) is 50.9 Å². The van der Waals surface area contributed by atoms with Crippen LogP contribution in [0, 0.1) is 11.9 Å². The van der Waals surface area contributed by atoms with Gasteiger partial charge in [0.15, 0.2) is 0 Å². The van der Waals surface area contributed by atoms with Crippen molar-refractivity contribution < 1.29 is 30.6 Å². The number of phenolic OH excluding ortho intramolecular Hbond substituents is 1. The van der Waals surface area contributed by atoms with Crippen LogP contribution in [0.4, 0.5) is 4.39 Å². The molecule has 60 heavy (non-hydrogen) atoms. The van der Waals surface area contributed by atoms with Gasteiger partial charge in [-0.3, -0.25) is 14.4 Å². The van der Waals surface area contributed by atoms with Crippen molar-refractivity contribution >= 4 is 21.8 Å². The number of halogens is 1. The van der Waals surface area contributed by atoms with Gasteiger partial charge < -0.3 is 9.67 Å². The molecule has 0 atom stereocenters. The minimum absolute atomic E-state index is 0. The molecule has 0 unspecified atom stereocenters. The van der Waals surface area contributed by atoms with Crippen molar-refractivity contribution in [2.75, 3.05) is 0 Å². The van der Waals surface area contributed by atoms with E-state index in [1.807, 2.05) is 36.4 Å². The van der Waals surface area contributed by atoms with Gasteiger partial charge in [-0.1, -0.05) is 156 Å². The molecule has 3 heterocycles. The minimum Gasteiger partial charge on any atom is -0.507 e. The smallest absolute Gasteiger partial charge is 0.124 e. The maximum absolute atomic E-state index is 16.2. The standard InChI is InChI=1S/C54H45FN3O.Pt/c1-53(2,3)38-27-36(28-39(33-38)54(4,5)6)37-31-48(44-18-11-13-22-51(44)59)57-49(32-37)45-29-35(23-24-46(45)55)47-30-34(25-26-56-47)41-19-14-20-43-42-17-10-12-21-50(42)58(52(41)43)40-15-8-7-9-16-40;/h7-28,30-33,59H,1-6H3;/q-1;. The van der Waals surface area contributed by atoms with Crippen molar-refractivity contribution in [2.45, 2.75) is 52.4 Å². The molecule has 0 radical (unpaired) electrons. The molecule has 9 aromatic rings. The molecule has 6 heteroatoms. The monoisotopic (exact) mass is 965 g/mol. The van der Waals surface area contributed by atoms with Crippen LogP contribution in [0.5, 0.6) is 5.75 Å². The summed E-state index contributed by atoms with van der Waals surface area (Å²) in [6.07, 6.45) is 1.81. The van der Waals surface area contributed by atoms with Gasteiger partial charge in [0.1, 0.15) is 5.75 Å². The number of aromatic nitrogens is 3. The van der Waals surface area contributed by atoms with Crippen LogP contribution in [0.1, 0.15) is 52.7 Å². The zero-order valence-corrected chi connectivity index (χ0v) is 36.8. The first-order valence-electron chi connectivity index (χ1n) is 20.1. The van der Waals surface area contributed by atoms with E-state index in [9.17, 15) is 5.11 Å². The molecule has 0 fully saturated rings. The molecule has 300 valence electrons.